The molecule has 2 aromatic rings. The van der Waals surface area contributed by atoms with E-state index in [2.05, 4.69) is 5.32 Å². The number of benzene rings is 2. The molecule has 0 aliphatic carbocycles. The Bertz CT molecular complexity index is 590. The number of rotatable bonds is 5. The van der Waals surface area contributed by atoms with Gasteiger partial charge in [0, 0.05) is 28.7 Å². The Morgan fingerprint density at radius 3 is 2.05 bits per heavy atom. The van der Waals surface area contributed by atoms with Gasteiger partial charge >= 0.3 is 0 Å². The minimum absolute atomic E-state index is 0.0251. The molecular weight excluding hydrogens is 299 g/mol. The van der Waals surface area contributed by atoms with E-state index in [-0.39, 0.29) is 24.6 Å². The van der Waals surface area contributed by atoms with Gasteiger partial charge in [0.05, 0.1) is 0 Å². The van der Waals surface area contributed by atoms with Crippen LogP contribution in [-0.2, 0) is 13.0 Å². The van der Waals surface area contributed by atoms with Crippen LogP contribution in [0.3, 0.4) is 0 Å². The van der Waals surface area contributed by atoms with Crippen molar-refractivity contribution in [1.82, 2.24) is 5.32 Å². The average molecular weight is 314 g/mol. The van der Waals surface area contributed by atoms with E-state index in [9.17, 15) is 13.2 Å². The molecule has 1 nitrogen and oxygen atoms in total. The molecule has 5 heteroatoms. The monoisotopic (exact) mass is 313 g/mol. The Morgan fingerprint density at radius 1 is 0.952 bits per heavy atom. The van der Waals surface area contributed by atoms with Crippen LogP contribution in [0.5, 0.6) is 0 Å². The summed E-state index contributed by atoms with van der Waals surface area (Å²) in [6, 6.07) is 7.99. The van der Waals surface area contributed by atoms with Crippen molar-refractivity contribution < 1.29 is 13.2 Å². The predicted octanol–water partition coefficient (Wildman–Crippen LogP) is 4.48. The van der Waals surface area contributed by atoms with Crippen molar-refractivity contribution in [3.63, 3.8) is 0 Å². The second-order valence-electron chi connectivity index (χ2n) is 4.89. The first-order chi connectivity index (χ1) is 9.99. The van der Waals surface area contributed by atoms with E-state index in [1.54, 1.807) is 13.0 Å². The standard InChI is InChI=1S/C16H15ClF3N/c1-10(8-11-14(18)6-3-7-15(11)19)21-9-12-13(17)4-2-5-16(12)20/h2-7,10,21H,8-9H2,1H3. The first kappa shape index (κ1) is 15.9. The van der Waals surface area contributed by atoms with E-state index in [1.165, 1.54) is 30.3 Å². The molecule has 1 N–H and O–H groups in total. The fourth-order valence-corrected chi connectivity index (χ4v) is 2.31. The summed E-state index contributed by atoms with van der Waals surface area (Å²) in [5.74, 6) is -1.56. The zero-order chi connectivity index (χ0) is 15.4. The normalized spacial score (nSPS) is 12.4. The van der Waals surface area contributed by atoms with Gasteiger partial charge in [0.1, 0.15) is 17.5 Å². The van der Waals surface area contributed by atoms with Crippen molar-refractivity contribution >= 4 is 11.6 Å². The van der Waals surface area contributed by atoms with Crippen LogP contribution in [0, 0.1) is 17.5 Å². The van der Waals surface area contributed by atoms with Crippen LogP contribution in [0.25, 0.3) is 0 Å². The number of hydrogen-bond donors (Lipinski definition) is 1. The summed E-state index contributed by atoms with van der Waals surface area (Å²) in [5.41, 5.74) is 0.372. The highest BCUT2D eigenvalue weighted by Crippen LogP contribution is 2.19. The molecule has 2 aromatic carbocycles. The molecule has 1 atom stereocenters. The van der Waals surface area contributed by atoms with E-state index in [4.69, 9.17) is 11.6 Å². The van der Waals surface area contributed by atoms with Gasteiger partial charge in [0.15, 0.2) is 0 Å². The summed E-state index contributed by atoms with van der Waals surface area (Å²) >= 11 is 5.92. The second-order valence-corrected chi connectivity index (χ2v) is 5.29. The fourth-order valence-electron chi connectivity index (χ4n) is 2.08. The molecular formula is C16H15ClF3N. The second kappa shape index (κ2) is 6.96. The lowest BCUT2D eigenvalue weighted by molar-refractivity contribution is 0.492. The van der Waals surface area contributed by atoms with Gasteiger partial charge in [0.2, 0.25) is 0 Å². The van der Waals surface area contributed by atoms with Crippen LogP contribution in [0.1, 0.15) is 18.1 Å². The van der Waals surface area contributed by atoms with Crippen molar-refractivity contribution in [1.29, 1.82) is 0 Å². The summed E-state index contributed by atoms with van der Waals surface area (Å²) in [7, 11) is 0. The van der Waals surface area contributed by atoms with Crippen LogP contribution in [0.4, 0.5) is 13.2 Å². The molecule has 0 saturated carbocycles. The maximum Gasteiger partial charge on any atom is 0.129 e. The number of hydrogen-bond acceptors (Lipinski definition) is 1. The van der Waals surface area contributed by atoms with Gasteiger partial charge < -0.3 is 5.32 Å². The number of nitrogens with one attached hydrogen (secondary N) is 1. The molecule has 21 heavy (non-hydrogen) atoms. The van der Waals surface area contributed by atoms with Crippen molar-refractivity contribution in [2.24, 2.45) is 0 Å². The van der Waals surface area contributed by atoms with Crippen molar-refractivity contribution in [3.05, 3.63) is 70.0 Å². The van der Waals surface area contributed by atoms with Crippen molar-refractivity contribution in [2.75, 3.05) is 0 Å². The summed E-state index contributed by atoms with van der Waals surface area (Å²) in [4.78, 5) is 0. The minimum Gasteiger partial charge on any atom is -0.310 e. The maximum atomic E-state index is 13.6. The summed E-state index contributed by atoms with van der Waals surface area (Å²) in [5, 5.41) is 3.35. The molecule has 0 fully saturated rings. The van der Waals surface area contributed by atoms with Crippen LogP contribution < -0.4 is 5.32 Å². The topological polar surface area (TPSA) is 12.0 Å². The molecule has 0 heterocycles. The molecule has 0 aromatic heterocycles. The zero-order valence-corrected chi connectivity index (χ0v) is 12.2. The highest BCUT2D eigenvalue weighted by Gasteiger charge is 2.13. The Morgan fingerprint density at radius 2 is 1.48 bits per heavy atom. The zero-order valence-electron chi connectivity index (χ0n) is 11.5. The fraction of sp³-hybridized carbons (Fsp3) is 0.250. The lowest BCUT2D eigenvalue weighted by Gasteiger charge is -2.16. The van der Waals surface area contributed by atoms with Crippen LogP contribution in [-0.4, -0.2) is 6.04 Å². The van der Waals surface area contributed by atoms with E-state index >= 15 is 0 Å². The summed E-state index contributed by atoms with van der Waals surface area (Å²) < 4.78 is 40.7. The molecule has 0 aliphatic rings. The van der Waals surface area contributed by atoms with Crippen molar-refractivity contribution in [3.8, 4) is 0 Å². The molecule has 0 bridgehead atoms. The van der Waals surface area contributed by atoms with Crippen molar-refractivity contribution in [2.45, 2.75) is 25.9 Å². The van der Waals surface area contributed by atoms with E-state index in [0.717, 1.165) is 0 Å². The molecule has 0 radical (unpaired) electrons. The Labute approximate surface area is 126 Å². The minimum atomic E-state index is -0.576. The Hall–Kier alpha value is -1.52. The van der Waals surface area contributed by atoms with E-state index < -0.39 is 17.5 Å². The molecule has 112 valence electrons. The van der Waals surface area contributed by atoms with Gasteiger partial charge in [-0.05, 0) is 37.6 Å². The molecule has 0 saturated heterocycles. The third kappa shape index (κ3) is 3.99. The average Bonchev–Trinajstić information content (AvgIpc) is 2.42. The Kier molecular flexibility index (Phi) is 5.26. The summed E-state index contributed by atoms with van der Waals surface area (Å²) in [6.07, 6.45) is 0.171. The predicted molar refractivity (Wildman–Crippen MR) is 77.8 cm³/mol. The van der Waals surface area contributed by atoms with Gasteiger partial charge in [-0.25, -0.2) is 13.2 Å². The quantitative estimate of drug-likeness (QED) is 0.858. The molecule has 1 unspecified atom stereocenters. The third-order valence-corrected chi connectivity index (χ3v) is 3.62. The largest absolute Gasteiger partial charge is 0.310 e. The highest BCUT2D eigenvalue weighted by molar-refractivity contribution is 6.31. The summed E-state index contributed by atoms with van der Waals surface area (Å²) in [6.45, 7) is 1.98. The van der Waals surface area contributed by atoms with Gasteiger partial charge in [0.25, 0.3) is 0 Å². The highest BCUT2D eigenvalue weighted by atomic mass is 35.5. The van der Waals surface area contributed by atoms with Crippen LogP contribution >= 0.6 is 11.6 Å². The van der Waals surface area contributed by atoms with Gasteiger partial charge in [-0.2, -0.15) is 0 Å². The molecule has 0 amide bonds. The lowest BCUT2D eigenvalue weighted by atomic mass is 10.1. The third-order valence-electron chi connectivity index (χ3n) is 3.26. The molecule has 2 rings (SSSR count). The number of halogens is 4. The van der Waals surface area contributed by atoms with Gasteiger partial charge in [-0.3, -0.25) is 0 Å². The Balaban J connectivity index is 2.01. The maximum absolute atomic E-state index is 13.6. The lowest BCUT2D eigenvalue weighted by Crippen LogP contribution is -2.28. The van der Waals surface area contributed by atoms with Crippen LogP contribution in [0.15, 0.2) is 36.4 Å². The van der Waals surface area contributed by atoms with Gasteiger partial charge in [-0.15, -0.1) is 0 Å². The van der Waals surface area contributed by atoms with Crippen LogP contribution in [0.2, 0.25) is 5.02 Å². The SMILES string of the molecule is CC(Cc1c(F)cccc1F)NCc1c(F)cccc1Cl. The first-order valence-corrected chi connectivity index (χ1v) is 6.96. The van der Waals surface area contributed by atoms with Gasteiger partial charge in [-0.1, -0.05) is 23.7 Å². The first-order valence-electron chi connectivity index (χ1n) is 6.58. The smallest absolute Gasteiger partial charge is 0.129 e. The van der Waals surface area contributed by atoms with E-state index in [0.29, 0.717) is 10.6 Å². The molecule has 0 spiro atoms. The van der Waals surface area contributed by atoms with E-state index in [1.807, 2.05) is 0 Å². The molecule has 0 aliphatic heterocycles.